The zero-order valence-electron chi connectivity index (χ0n) is 16.8. The number of nitrogens with one attached hydrogen (secondary N) is 1. The Balaban J connectivity index is 1.87. The van der Waals surface area contributed by atoms with Gasteiger partial charge in [0, 0.05) is 6.07 Å². The first-order chi connectivity index (χ1) is 13.6. The zero-order chi connectivity index (χ0) is 19.9. The molecule has 2 aromatic carbocycles. The number of rotatable bonds is 9. The maximum absolute atomic E-state index is 13.2. The van der Waals surface area contributed by atoms with Crippen molar-refractivity contribution in [2.24, 2.45) is 0 Å². The van der Waals surface area contributed by atoms with Crippen LogP contribution in [-0.4, -0.2) is 44.2 Å². The summed E-state index contributed by atoms with van der Waals surface area (Å²) in [5.74, 6) is 0.864. The molecular weight excluding hydrogens is 370 g/mol. The summed E-state index contributed by atoms with van der Waals surface area (Å²) < 4.78 is 6.37. The molecule has 3 rings (SSSR count). The van der Waals surface area contributed by atoms with Gasteiger partial charge >= 0.3 is 0 Å². The molecule has 0 saturated heterocycles. The van der Waals surface area contributed by atoms with Gasteiger partial charge in [-0.3, -0.25) is 9.69 Å². The van der Waals surface area contributed by atoms with Crippen LogP contribution in [0.5, 0.6) is 5.75 Å². The highest BCUT2D eigenvalue weighted by Crippen LogP contribution is 2.31. The van der Waals surface area contributed by atoms with Crippen LogP contribution in [0.4, 0.5) is 5.13 Å². The van der Waals surface area contributed by atoms with Crippen LogP contribution < -0.4 is 14.5 Å². The van der Waals surface area contributed by atoms with Crippen molar-refractivity contribution in [1.82, 2.24) is 4.98 Å². The van der Waals surface area contributed by atoms with Gasteiger partial charge in [0.1, 0.15) is 5.75 Å². The van der Waals surface area contributed by atoms with Gasteiger partial charge in [-0.2, -0.15) is 0 Å². The number of fused-ring (bicyclic) bond motifs is 1. The fourth-order valence-corrected chi connectivity index (χ4v) is 4.19. The highest BCUT2D eigenvalue weighted by Gasteiger charge is 2.21. The van der Waals surface area contributed by atoms with Crippen molar-refractivity contribution in [2.75, 3.05) is 38.2 Å². The maximum Gasteiger partial charge on any atom is 0.233 e. The number of likely N-dealkylation sites (N-methyl/N-ethyl adjacent to an activating group) is 1. The summed E-state index contributed by atoms with van der Waals surface area (Å²) in [4.78, 5) is 21.2. The molecule has 5 nitrogen and oxygen atoms in total. The van der Waals surface area contributed by atoms with E-state index in [2.05, 4.69) is 13.8 Å². The highest BCUT2D eigenvalue weighted by atomic mass is 32.1. The minimum absolute atomic E-state index is 0.0868. The summed E-state index contributed by atoms with van der Waals surface area (Å²) >= 11 is 1.56. The van der Waals surface area contributed by atoms with Gasteiger partial charge in [-0.25, -0.2) is 4.98 Å². The summed E-state index contributed by atoms with van der Waals surface area (Å²) in [6, 6.07) is 15.8. The number of thiazole rings is 1. The number of ether oxygens (including phenoxy) is 1. The summed E-state index contributed by atoms with van der Waals surface area (Å²) in [6.45, 7) is 8.03. The average Bonchev–Trinajstić information content (AvgIpc) is 3.14. The van der Waals surface area contributed by atoms with Gasteiger partial charge in [-0.1, -0.05) is 41.7 Å². The van der Waals surface area contributed by atoms with E-state index in [-0.39, 0.29) is 5.91 Å². The second-order valence-electron chi connectivity index (χ2n) is 6.74. The molecule has 1 aromatic heterocycles. The Morgan fingerprint density at radius 3 is 2.57 bits per heavy atom. The van der Waals surface area contributed by atoms with Gasteiger partial charge in [-0.05, 0) is 31.5 Å². The summed E-state index contributed by atoms with van der Waals surface area (Å²) in [7, 11) is 1.65. The molecule has 0 unspecified atom stereocenters. The quantitative estimate of drug-likeness (QED) is 0.603. The van der Waals surface area contributed by atoms with Crippen molar-refractivity contribution in [1.29, 1.82) is 0 Å². The topological polar surface area (TPSA) is 46.9 Å². The Hall–Kier alpha value is -2.44. The van der Waals surface area contributed by atoms with E-state index in [1.54, 1.807) is 18.4 Å². The monoisotopic (exact) mass is 398 g/mol. The third kappa shape index (κ3) is 4.88. The van der Waals surface area contributed by atoms with Gasteiger partial charge < -0.3 is 9.64 Å². The lowest BCUT2D eigenvalue weighted by Crippen LogP contribution is -3.12. The Morgan fingerprint density at radius 2 is 1.89 bits per heavy atom. The number of aromatic nitrogens is 1. The van der Waals surface area contributed by atoms with Crippen LogP contribution in [0.25, 0.3) is 10.2 Å². The predicted octanol–water partition coefficient (Wildman–Crippen LogP) is 2.81. The zero-order valence-corrected chi connectivity index (χ0v) is 17.6. The molecule has 0 saturated carbocycles. The fourth-order valence-electron chi connectivity index (χ4n) is 3.20. The van der Waals surface area contributed by atoms with Gasteiger partial charge in [0.05, 0.1) is 49.9 Å². The number of benzene rings is 2. The molecule has 0 aliphatic rings. The number of quaternary nitrogens is 1. The molecule has 1 amide bonds. The van der Waals surface area contributed by atoms with Gasteiger partial charge in [0.2, 0.25) is 5.91 Å². The SMILES string of the molecule is CC[NH+](CC)CCN(C(=O)Cc1ccccc1)c1nc2cc(OC)ccc2s1. The molecule has 0 aliphatic carbocycles. The van der Waals surface area contributed by atoms with Crippen LogP contribution in [0.15, 0.2) is 48.5 Å². The third-order valence-electron chi connectivity index (χ3n) is 5.00. The van der Waals surface area contributed by atoms with E-state index in [0.29, 0.717) is 13.0 Å². The van der Waals surface area contributed by atoms with Crippen LogP contribution >= 0.6 is 11.3 Å². The molecule has 0 radical (unpaired) electrons. The summed E-state index contributed by atoms with van der Waals surface area (Å²) in [5, 5.41) is 0.760. The number of hydrogen-bond donors (Lipinski definition) is 1. The molecular formula is C22H28N3O2S+. The van der Waals surface area contributed by atoms with E-state index in [9.17, 15) is 4.79 Å². The molecule has 6 heteroatoms. The van der Waals surface area contributed by atoms with Gasteiger partial charge in [0.15, 0.2) is 5.13 Å². The highest BCUT2D eigenvalue weighted by molar-refractivity contribution is 7.22. The lowest BCUT2D eigenvalue weighted by molar-refractivity contribution is -0.894. The second kappa shape index (κ2) is 9.66. The Labute approximate surface area is 170 Å². The molecule has 1 N–H and O–H groups in total. The number of anilines is 1. The average molecular weight is 399 g/mol. The smallest absolute Gasteiger partial charge is 0.233 e. The molecule has 0 spiro atoms. The lowest BCUT2D eigenvalue weighted by atomic mass is 10.1. The number of carbonyl (C=O) groups is 1. The van der Waals surface area contributed by atoms with E-state index in [0.717, 1.165) is 46.3 Å². The van der Waals surface area contributed by atoms with E-state index >= 15 is 0 Å². The molecule has 0 atom stereocenters. The van der Waals surface area contributed by atoms with Crippen LogP contribution in [-0.2, 0) is 11.2 Å². The summed E-state index contributed by atoms with van der Waals surface area (Å²) in [6.07, 6.45) is 0.383. The van der Waals surface area contributed by atoms with E-state index < -0.39 is 0 Å². The van der Waals surface area contributed by atoms with Crippen LogP contribution in [0.2, 0.25) is 0 Å². The molecule has 1 heterocycles. The Morgan fingerprint density at radius 1 is 1.14 bits per heavy atom. The van der Waals surface area contributed by atoms with Crippen LogP contribution in [0.1, 0.15) is 19.4 Å². The van der Waals surface area contributed by atoms with Gasteiger partial charge in [0.25, 0.3) is 0 Å². The predicted molar refractivity (Wildman–Crippen MR) is 116 cm³/mol. The van der Waals surface area contributed by atoms with Gasteiger partial charge in [-0.15, -0.1) is 0 Å². The molecule has 0 bridgehead atoms. The standard InChI is InChI=1S/C22H27N3O2S/c1-4-24(5-2)13-14-25(21(26)15-17-9-7-6-8-10-17)22-23-19-16-18(27-3)11-12-20(19)28-22/h6-12,16H,4-5,13-15H2,1-3H3/p+1. The van der Waals surface area contributed by atoms with Crippen molar-refractivity contribution in [2.45, 2.75) is 20.3 Å². The van der Waals surface area contributed by atoms with Crippen LogP contribution in [0.3, 0.4) is 0 Å². The molecule has 0 aliphatic heterocycles. The van der Waals surface area contributed by atoms with Crippen molar-refractivity contribution in [3.63, 3.8) is 0 Å². The minimum atomic E-state index is 0.0868. The Bertz CT molecular complexity index is 907. The number of hydrogen-bond acceptors (Lipinski definition) is 4. The minimum Gasteiger partial charge on any atom is -0.497 e. The largest absolute Gasteiger partial charge is 0.497 e. The van der Waals surface area contributed by atoms with Crippen molar-refractivity contribution in [3.8, 4) is 5.75 Å². The van der Waals surface area contributed by atoms with Crippen molar-refractivity contribution < 1.29 is 14.4 Å². The first-order valence-electron chi connectivity index (χ1n) is 9.77. The van der Waals surface area contributed by atoms with E-state index in [1.807, 2.05) is 53.4 Å². The molecule has 0 fully saturated rings. The number of nitrogens with zero attached hydrogens (tertiary/aromatic N) is 2. The van der Waals surface area contributed by atoms with Crippen molar-refractivity contribution in [3.05, 3.63) is 54.1 Å². The van der Waals surface area contributed by atoms with Crippen molar-refractivity contribution >= 4 is 32.6 Å². The third-order valence-corrected chi connectivity index (χ3v) is 6.06. The van der Waals surface area contributed by atoms with Crippen LogP contribution in [0, 0.1) is 0 Å². The van der Waals surface area contributed by atoms with E-state index in [4.69, 9.17) is 9.72 Å². The van der Waals surface area contributed by atoms with E-state index in [1.165, 1.54) is 4.90 Å². The summed E-state index contributed by atoms with van der Waals surface area (Å²) in [5.41, 5.74) is 1.89. The second-order valence-corrected chi connectivity index (χ2v) is 7.75. The molecule has 3 aromatic rings. The Kier molecular flexibility index (Phi) is 7.01. The molecule has 28 heavy (non-hydrogen) atoms. The maximum atomic E-state index is 13.2. The fraction of sp³-hybridized carbons (Fsp3) is 0.364. The number of carbonyl (C=O) groups excluding carboxylic acids is 1. The number of methoxy groups -OCH3 is 1. The molecule has 148 valence electrons. The number of amides is 1. The lowest BCUT2D eigenvalue weighted by Gasteiger charge is -2.23. The first kappa shape index (κ1) is 20.3. The first-order valence-corrected chi connectivity index (χ1v) is 10.6. The normalized spacial score (nSPS) is 11.1.